The molecule has 37 heavy (non-hydrogen) atoms. The number of piperazine rings is 1. The van der Waals surface area contributed by atoms with Crippen LogP contribution in [-0.2, 0) is 11.0 Å². The number of nitrogens with two attached hydrogens (primary N) is 1. The fraction of sp³-hybridized carbons (Fsp3) is 0.423. The molecule has 1 unspecified atom stereocenters. The van der Waals surface area contributed by atoms with E-state index >= 15 is 0 Å². The number of rotatable bonds is 8. The lowest BCUT2D eigenvalue weighted by molar-refractivity contribution is 0.0637. The Morgan fingerprint density at radius 1 is 1.19 bits per heavy atom. The first-order valence-electron chi connectivity index (χ1n) is 12.5. The molecule has 1 aromatic carbocycles. The molecule has 0 saturated carbocycles. The van der Waals surface area contributed by atoms with Crippen molar-refractivity contribution in [2.75, 3.05) is 38.0 Å². The van der Waals surface area contributed by atoms with Gasteiger partial charge >= 0.3 is 0 Å². The predicted molar refractivity (Wildman–Crippen MR) is 151 cm³/mol. The molecule has 2 aromatic heterocycles. The molecule has 3 heterocycles. The minimum absolute atomic E-state index is 0.0283. The van der Waals surface area contributed by atoms with Crippen LogP contribution in [0.25, 0.3) is 11.3 Å². The van der Waals surface area contributed by atoms with Gasteiger partial charge in [-0.15, -0.1) is 11.3 Å². The van der Waals surface area contributed by atoms with Crippen molar-refractivity contribution >= 4 is 39.0 Å². The van der Waals surface area contributed by atoms with Gasteiger partial charge in [0.15, 0.2) is 5.13 Å². The highest BCUT2D eigenvalue weighted by molar-refractivity contribution is 7.82. The van der Waals surface area contributed by atoms with E-state index < -0.39 is 11.0 Å². The maximum Gasteiger partial charge on any atom is 0.272 e. The monoisotopic (exact) mass is 544 g/mol. The number of pyridine rings is 1. The minimum Gasteiger partial charge on any atom is -0.489 e. The number of benzene rings is 1. The smallest absolute Gasteiger partial charge is 0.272 e. The van der Waals surface area contributed by atoms with Crippen molar-refractivity contribution in [3.8, 4) is 17.0 Å². The molecular formula is C26H36N6O3S2. The zero-order chi connectivity index (χ0) is 26.9. The number of carbonyl (C=O) groups excluding carboxylic acids is 1. The van der Waals surface area contributed by atoms with E-state index in [0.717, 1.165) is 44.0 Å². The Morgan fingerprint density at radius 3 is 2.51 bits per heavy atom. The Morgan fingerprint density at radius 2 is 1.92 bits per heavy atom. The summed E-state index contributed by atoms with van der Waals surface area (Å²) in [6.07, 6.45) is 1.65. The number of anilines is 2. The molecule has 3 N–H and O–H groups in total. The lowest BCUT2D eigenvalue weighted by Gasteiger charge is -2.33. The average Bonchev–Trinajstić information content (AvgIpc) is 3.38. The molecule has 0 aliphatic carbocycles. The molecule has 1 fully saturated rings. The van der Waals surface area contributed by atoms with Crippen LogP contribution in [0.3, 0.4) is 0 Å². The SMILES string of the molecule is CC.CCN1CCN(C(=O)c2ccc(-c3csc(Nc4cc(S(N)=O)ccc4OC(C)C)n3)cn2)CC1. The summed E-state index contributed by atoms with van der Waals surface area (Å²) in [4.78, 5) is 26.6. The molecule has 1 atom stereocenters. The maximum absolute atomic E-state index is 12.8. The number of amides is 1. The Labute approximate surface area is 225 Å². The van der Waals surface area contributed by atoms with Crippen molar-refractivity contribution in [3.05, 3.63) is 47.6 Å². The zero-order valence-electron chi connectivity index (χ0n) is 22.1. The van der Waals surface area contributed by atoms with Gasteiger partial charge in [0.1, 0.15) is 22.4 Å². The van der Waals surface area contributed by atoms with Crippen molar-refractivity contribution in [3.63, 3.8) is 0 Å². The fourth-order valence-corrected chi connectivity index (χ4v) is 4.94. The summed E-state index contributed by atoms with van der Waals surface area (Å²) >= 11 is 1.42. The molecule has 4 rings (SSSR count). The van der Waals surface area contributed by atoms with Crippen LogP contribution < -0.4 is 15.2 Å². The molecule has 1 saturated heterocycles. The van der Waals surface area contributed by atoms with E-state index in [2.05, 4.69) is 27.1 Å². The number of hydrogen-bond donors (Lipinski definition) is 2. The van der Waals surface area contributed by atoms with Gasteiger partial charge in [-0.25, -0.2) is 14.3 Å². The molecule has 3 aromatic rings. The summed E-state index contributed by atoms with van der Waals surface area (Å²) in [5.74, 6) is 0.582. The summed E-state index contributed by atoms with van der Waals surface area (Å²) in [5, 5.41) is 11.4. The Hall–Kier alpha value is -2.86. The molecule has 11 heteroatoms. The van der Waals surface area contributed by atoms with E-state index in [1.807, 2.05) is 44.0 Å². The second kappa shape index (κ2) is 13.6. The number of nitrogens with zero attached hydrogens (tertiary/aromatic N) is 4. The topological polar surface area (TPSA) is 114 Å². The van der Waals surface area contributed by atoms with Crippen molar-refractivity contribution in [1.82, 2.24) is 19.8 Å². The van der Waals surface area contributed by atoms with Gasteiger partial charge in [0, 0.05) is 43.3 Å². The van der Waals surface area contributed by atoms with Crippen LogP contribution >= 0.6 is 11.3 Å². The average molecular weight is 545 g/mol. The summed E-state index contributed by atoms with van der Waals surface area (Å²) in [6, 6.07) is 8.76. The van der Waals surface area contributed by atoms with Crippen LogP contribution in [0.15, 0.2) is 46.8 Å². The summed E-state index contributed by atoms with van der Waals surface area (Å²) in [6.45, 7) is 14.2. The van der Waals surface area contributed by atoms with Gasteiger partial charge < -0.3 is 19.9 Å². The Kier molecular flexibility index (Phi) is 10.6. The van der Waals surface area contributed by atoms with E-state index in [4.69, 9.17) is 9.88 Å². The number of hydrogen-bond acceptors (Lipinski definition) is 8. The van der Waals surface area contributed by atoms with E-state index in [9.17, 15) is 9.00 Å². The van der Waals surface area contributed by atoms with Gasteiger partial charge in [-0.3, -0.25) is 9.78 Å². The third kappa shape index (κ3) is 7.57. The first-order chi connectivity index (χ1) is 17.8. The number of thiazole rings is 1. The van der Waals surface area contributed by atoms with Crippen LogP contribution in [0.5, 0.6) is 5.75 Å². The van der Waals surface area contributed by atoms with Crippen molar-refractivity contribution < 1.29 is 13.7 Å². The van der Waals surface area contributed by atoms with E-state index in [-0.39, 0.29) is 12.0 Å². The first-order valence-corrected chi connectivity index (χ1v) is 14.6. The van der Waals surface area contributed by atoms with Gasteiger partial charge in [0.25, 0.3) is 5.91 Å². The number of carbonyl (C=O) groups is 1. The summed E-state index contributed by atoms with van der Waals surface area (Å²) in [7, 11) is -1.61. The van der Waals surface area contributed by atoms with Gasteiger partial charge in [-0.1, -0.05) is 20.8 Å². The van der Waals surface area contributed by atoms with Crippen LogP contribution in [-0.4, -0.2) is 68.7 Å². The number of nitrogens with one attached hydrogen (secondary N) is 1. The second-order valence-corrected chi connectivity index (χ2v) is 10.4. The number of aromatic nitrogens is 2. The highest BCUT2D eigenvalue weighted by atomic mass is 32.2. The standard InChI is InChI=1S/C24H30N6O3S2.C2H6/c1-4-29-9-11-30(12-10-29)23(31)19-7-5-17(14-26-19)21-15-34-24(28-21)27-20-13-18(35(25)32)6-8-22(20)33-16(2)3;1-2/h5-8,13-16H,4,9-12,25H2,1-3H3,(H,27,28);1-2H3. The van der Waals surface area contributed by atoms with Gasteiger partial charge in [0.2, 0.25) is 0 Å². The Balaban J connectivity index is 0.00000186. The quantitative estimate of drug-likeness (QED) is 0.429. The van der Waals surface area contributed by atoms with Gasteiger partial charge in [-0.2, -0.15) is 0 Å². The summed E-state index contributed by atoms with van der Waals surface area (Å²) < 4.78 is 17.6. The molecular weight excluding hydrogens is 508 g/mol. The normalized spacial score (nSPS) is 14.6. The van der Waals surface area contributed by atoms with Crippen LogP contribution in [0, 0.1) is 0 Å². The Bertz CT molecular complexity index is 1190. The first kappa shape index (κ1) is 28.7. The maximum atomic E-state index is 12.8. The lowest BCUT2D eigenvalue weighted by atomic mass is 10.2. The van der Waals surface area contributed by atoms with Gasteiger partial charge in [-0.05, 0) is 50.7 Å². The van der Waals surface area contributed by atoms with E-state index in [1.165, 1.54) is 11.3 Å². The third-order valence-corrected chi connectivity index (χ3v) is 7.15. The molecule has 200 valence electrons. The molecule has 0 radical (unpaired) electrons. The highest BCUT2D eigenvalue weighted by Crippen LogP contribution is 2.33. The molecule has 9 nitrogen and oxygen atoms in total. The highest BCUT2D eigenvalue weighted by Gasteiger charge is 2.22. The van der Waals surface area contributed by atoms with Crippen molar-refractivity contribution in [2.45, 2.75) is 45.6 Å². The molecule has 1 aliphatic heterocycles. The minimum atomic E-state index is -1.61. The molecule has 0 spiro atoms. The van der Waals surface area contributed by atoms with Crippen LogP contribution in [0.1, 0.15) is 45.1 Å². The van der Waals surface area contributed by atoms with Crippen LogP contribution in [0.4, 0.5) is 10.8 Å². The third-order valence-electron chi connectivity index (χ3n) is 5.68. The van der Waals surface area contributed by atoms with Gasteiger partial charge in [0.05, 0.1) is 22.4 Å². The van der Waals surface area contributed by atoms with Crippen molar-refractivity contribution in [1.29, 1.82) is 0 Å². The number of likely N-dealkylation sites (N-methyl/N-ethyl adjacent to an activating group) is 1. The predicted octanol–water partition coefficient (Wildman–Crippen LogP) is 4.52. The fourth-order valence-electron chi connectivity index (χ4n) is 3.77. The van der Waals surface area contributed by atoms with Crippen molar-refractivity contribution in [2.24, 2.45) is 5.14 Å². The largest absolute Gasteiger partial charge is 0.489 e. The number of ether oxygens (including phenoxy) is 1. The second-order valence-electron chi connectivity index (χ2n) is 8.44. The lowest BCUT2D eigenvalue weighted by Crippen LogP contribution is -2.48. The van der Waals surface area contributed by atoms with E-state index in [0.29, 0.717) is 27.2 Å². The van der Waals surface area contributed by atoms with Crippen LogP contribution in [0.2, 0.25) is 0 Å². The zero-order valence-corrected chi connectivity index (χ0v) is 23.7. The molecule has 0 bridgehead atoms. The van der Waals surface area contributed by atoms with E-state index in [1.54, 1.807) is 30.5 Å². The molecule has 1 amide bonds. The summed E-state index contributed by atoms with van der Waals surface area (Å²) in [5.41, 5.74) is 2.63. The molecule has 1 aliphatic rings.